The molecule has 3 heteroatoms. The fraction of sp³-hybridized carbons (Fsp3) is 0.778. The molecule has 1 unspecified atom stereocenters. The second-order valence-corrected chi connectivity index (χ2v) is 4.33. The highest BCUT2D eigenvalue weighted by atomic mass is 32.2. The highest BCUT2D eigenvalue weighted by Crippen LogP contribution is 1.94. The Bertz CT molecular complexity index is 126. The highest BCUT2D eigenvalue weighted by Gasteiger charge is 2.05. The van der Waals surface area contributed by atoms with E-state index in [4.69, 9.17) is 0 Å². The van der Waals surface area contributed by atoms with Crippen molar-refractivity contribution in [2.75, 3.05) is 5.75 Å². The molecule has 0 aromatic carbocycles. The minimum absolute atomic E-state index is 0.306. The zero-order valence-electron chi connectivity index (χ0n) is 8.17. The molecule has 0 aromatic heterocycles. The Morgan fingerprint density at radius 2 is 2.08 bits per heavy atom. The molecule has 0 aliphatic heterocycles. The Kier molecular flexibility index (Phi) is 7.65. The quantitative estimate of drug-likeness (QED) is 0.512. The molecule has 0 saturated carbocycles. The van der Waals surface area contributed by atoms with Crippen molar-refractivity contribution in [2.24, 2.45) is 0 Å². The molecule has 2 nitrogen and oxygen atoms in total. The maximum Gasteiger partial charge on any atom is 0.129 e. The monoisotopic (exact) mass is 189 g/mol. The van der Waals surface area contributed by atoms with Crippen LogP contribution in [0.15, 0.2) is 12.2 Å². The van der Waals surface area contributed by atoms with Crippen molar-refractivity contribution in [2.45, 2.75) is 39.7 Å². The highest BCUT2D eigenvalue weighted by molar-refractivity contribution is 7.89. The smallest absolute Gasteiger partial charge is 0.129 e. The van der Waals surface area contributed by atoms with Crippen LogP contribution in [0.25, 0.3) is 0 Å². The predicted molar refractivity (Wildman–Crippen MR) is 55.3 cm³/mol. The number of allylic oxidation sites excluding steroid dienone is 2. The molecule has 0 rings (SSSR count). The molecular formula is C9H19NOS. The van der Waals surface area contributed by atoms with E-state index in [0.717, 1.165) is 12.8 Å². The summed E-state index contributed by atoms with van der Waals surface area (Å²) in [5, 5.41) is 0. The summed E-state index contributed by atoms with van der Waals surface area (Å²) in [7, 11) is 0. The molecule has 0 spiro atoms. The molecule has 72 valence electrons. The summed E-state index contributed by atoms with van der Waals surface area (Å²) in [5.41, 5.74) is 0. The zero-order valence-corrected chi connectivity index (χ0v) is 8.99. The number of hydrogen-bond acceptors (Lipinski definition) is 2. The topological polar surface area (TPSA) is 35.1 Å². The van der Waals surface area contributed by atoms with E-state index in [9.17, 15) is 4.55 Å². The number of rotatable bonds is 6. The van der Waals surface area contributed by atoms with Crippen LogP contribution in [0.4, 0.5) is 0 Å². The summed E-state index contributed by atoms with van der Waals surface area (Å²) in [5.74, 6) is 0.717. The average molecular weight is 189 g/mol. The Morgan fingerprint density at radius 1 is 1.42 bits per heavy atom. The molecule has 0 fully saturated rings. The van der Waals surface area contributed by atoms with Gasteiger partial charge in [-0.05, 0) is 20.3 Å². The third-order valence-electron chi connectivity index (χ3n) is 1.24. The summed E-state index contributed by atoms with van der Waals surface area (Å²) in [6.07, 6.45) is 6.15. The molecule has 0 aliphatic rings. The van der Waals surface area contributed by atoms with E-state index in [1.807, 2.05) is 13.8 Å². The van der Waals surface area contributed by atoms with Gasteiger partial charge in [-0.15, -0.1) is 4.72 Å². The Labute approximate surface area is 78.7 Å². The van der Waals surface area contributed by atoms with Crippen molar-refractivity contribution < 1.29 is 4.55 Å². The van der Waals surface area contributed by atoms with Crippen molar-refractivity contribution in [1.29, 1.82) is 0 Å². The van der Waals surface area contributed by atoms with E-state index in [1.54, 1.807) is 0 Å². The molecule has 0 saturated heterocycles. The SMILES string of the molecule is CC/C=C/CC[S+]([O-])NC(C)C. The molecule has 0 heterocycles. The first-order valence-electron chi connectivity index (χ1n) is 4.46. The summed E-state index contributed by atoms with van der Waals surface area (Å²) in [4.78, 5) is 0. The van der Waals surface area contributed by atoms with Gasteiger partial charge in [-0.1, -0.05) is 19.1 Å². The minimum atomic E-state index is -0.855. The molecule has 0 radical (unpaired) electrons. The molecular weight excluding hydrogens is 170 g/mol. The van der Waals surface area contributed by atoms with Gasteiger partial charge in [0, 0.05) is 23.8 Å². The lowest BCUT2D eigenvalue weighted by Gasteiger charge is -2.12. The van der Waals surface area contributed by atoms with Crippen LogP contribution in [0.3, 0.4) is 0 Å². The minimum Gasteiger partial charge on any atom is -0.598 e. The van der Waals surface area contributed by atoms with Crippen molar-refractivity contribution >= 4 is 11.4 Å². The van der Waals surface area contributed by atoms with Crippen LogP contribution in [0, 0.1) is 0 Å². The Morgan fingerprint density at radius 3 is 2.58 bits per heavy atom. The fourth-order valence-electron chi connectivity index (χ4n) is 0.781. The molecule has 1 atom stereocenters. The number of nitrogens with one attached hydrogen (secondary N) is 1. The van der Waals surface area contributed by atoms with Crippen LogP contribution in [-0.4, -0.2) is 16.3 Å². The van der Waals surface area contributed by atoms with E-state index in [1.165, 1.54) is 0 Å². The third-order valence-corrected chi connectivity index (χ3v) is 2.58. The first-order chi connectivity index (χ1) is 5.66. The van der Waals surface area contributed by atoms with Crippen molar-refractivity contribution in [3.63, 3.8) is 0 Å². The Balaban J connectivity index is 3.31. The van der Waals surface area contributed by atoms with Gasteiger partial charge in [0.25, 0.3) is 0 Å². The van der Waals surface area contributed by atoms with E-state index < -0.39 is 11.4 Å². The lowest BCUT2D eigenvalue weighted by Crippen LogP contribution is -2.32. The normalized spacial score (nSPS) is 14.4. The van der Waals surface area contributed by atoms with Crippen LogP contribution < -0.4 is 4.72 Å². The van der Waals surface area contributed by atoms with Crippen molar-refractivity contribution in [1.82, 2.24) is 4.72 Å². The average Bonchev–Trinajstić information content (AvgIpc) is 1.97. The van der Waals surface area contributed by atoms with Gasteiger partial charge in [-0.3, -0.25) is 0 Å². The summed E-state index contributed by atoms with van der Waals surface area (Å²) in [6.45, 7) is 6.10. The van der Waals surface area contributed by atoms with Gasteiger partial charge in [0.15, 0.2) is 0 Å². The molecule has 0 bridgehead atoms. The van der Waals surface area contributed by atoms with Crippen LogP contribution in [-0.2, 0) is 11.4 Å². The fourth-order valence-corrected chi connectivity index (χ4v) is 1.78. The van der Waals surface area contributed by atoms with Gasteiger partial charge in [0.05, 0.1) is 0 Å². The van der Waals surface area contributed by atoms with E-state index >= 15 is 0 Å². The van der Waals surface area contributed by atoms with E-state index in [-0.39, 0.29) is 0 Å². The van der Waals surface area contributed by atoms with Gasteiger partial charge in [0.1, 0.15) is 5.75 Å². The third kappa shape index (κ3) is 8.11. The van der Waals surface area contributed by atoms with Crippen LogP contribution in [0.1, 0.15) is 33.6 Å². The molecule has 0 amide bonds. The van der Waals surface area contributed by atoms with E-state index in [0.29, 0.717) is 11.8 Å². The lowest BCUT2D eigenvalue weighted by molar-refractivity contribution is 0.568. The van der Waals surface area contributed by atoms with Gasteiger partial charge in [0.2, 0.25) is 0 Å². The largest absolute Gasteiger partial charge is 0.598 e. The predicted octanol–water partition coefficient (Wildman–Crippen LogP) is 2.00. The van der Waals surface area contributed by atoms with Gasteiger partial charge >= 0.3 is 0 Å². The molecule has 0 aromatic rings. The standard InChI is InChI=1S/C9H19NOS/c1-4-5-6-7-8-12(11)10-9(2)3/h5-6,9-10H,4,7-8H2,1-3H3/b6-5+. The maximum absolute atomic E-state index is 11.2. The molecule has 12 heavy (non-hydrogen) atoms. The second kappa shape index (κ2) is 7.65. The number of hydrogen-bond donors (Lipinski definition) is 1. The Hall–Kier alpha value is 0.01000. The van der Waals surface area contributed by atoms with Gasteiger partial charge < -0.3 is 4.55 Å². The summed E-state index contributed by atoms with van der Waals surface area (Å²) < 4.78 is 14.1. The van der Waals surface area contributed by atoms with Crippen LogP contribution in [0.2, 0.25) is 0 Å². The second-order valence-electron chi connectivity index (χ2n) is 2.99. The van der Waals surface area contributed by atoms with Crippen molar-refractivity contribution in [3.05, 3.63) is 12.2 Å². The van der Waals surface area contributed by atoms with Gasteiger partial charge in [-0.2, -0.15) is 0 Å². The lowest BCUT2D eigenvalue weighted by atomic mass is 10.4. The summed E-state index contributed by atoms with van der Waals surface area (Å²) in [6, 6.07) is 0.306. The molecule has 1 N–H and O–H groups in total. The molecule has 0 aliphatic carbocycles. The van der Waals surface area contributed by atoms with Crippen molar-refractivity contribution in [3.8, 4) is 0 Å². The van der Waals surface area contributed by atoms with Gasteiger partial charge in [-0.25, -0.2) is 0 Å². The maximum atomic E-state index is 11.2. The van der Waals surface area contributed by atoms with Crippen LogP contribution in [0.5, 0.6) is 0 Å². The first-order valence-corrected chi connectivity index (χ1v) is 5.78. The first kappa shape index (κ1) is 12.0. The van der Waals surface area contributed by atoms with E-state index in [2.05, 4.69) is 23.8 Å². The summed E-state index contributed by atoms with van der Waals surface area (Å²) >= 11 is -0.855. The van der Waals surface area contributed by atoms with Crippen LogP contribution >= 0.6 is 0 Å². The zero-order chi connectivity index (χ0) is 9.40.